The zero-order chi connectivity index (χ0) is 45.1. The van der Waals surface area contributed by atoms with Crippen LogP contribution in [0.15, 0.2) is 48.6 Å². The molecule has 0 saturated heterocycles. The average molecular weight is 870 g/mol. The molecule has 0 fully saturated rings. The van der Waals surface area contributed by atoms with Gasteiger partial charge in [0.15, 0.2) is 0 Å². The number of allylic oxidation sites excluding steroid dienone is 7. The Hall–Kier alpha value is -1.69. The van der Waals surface area contributed by atoms with E-state index in [2.05, 4.69) is 55.6 Å². The number of aliphatic hydroxyl groups is 3. The fraction of sp³-hybridized carbons (Fsp3) is 0.842. The Kier molecular flexibility index (Phi) is 50.5. The maximum Gasteiger partial charge on any atom is 0.249 e. The first-order valence-corrected chi connectivity index (χ1v) is 27.5. The second kappa shape index (κ2) is 51.9. The number of nitrogens with one attached hydrogen (secondary N) is 1. The highest BCUT2D eigenvalue weighted by molar-refractivity contribution is 5.80. The van der Waals surface area contributed by atoms with E-state index >= 15 is 0 Å². The molecule has 0 heterocycles. The quantitative estimate of drug-likeness (QED) is 0.0362. The van der Waals surface area contributed by atoms with Crippen LogP contribution in [0.25, 0.3) is 0 Å². The maximum atomic E-state index is 12.5. The van der Waals surface area contributed by atoms with Crippen molar-refractivity contribution >= 4 is 5.91 Å². The second-order valence-corrected chi connectivity index (χ2v) is 18.7. The van der Waals surface area contributed by atoms with Gasteiger partial charge in [0.1, 0.15) is 6.10 Å². The Balaban J connectivity index is 3.44. The van der Waals surface area contributed by atoms with Crippen LogP contribution in [0.3, 0.4) is 0 Å². The summed E-state index contributed by atoms with van der Waals surface area (Å²) in [6, 6.07) is -0.819. The van der Waals surface area contributed by atoms with Crippen molar-refractivity contribution in [3.8, 4) is 0 Å². The van der Waals surface area contributed by atoms with Gasteiger partial charge in [-0.05, 0) is 64.2 Å². The van der Waals surface area contributed by atoms with Crippen molar-refractivity contribution in [3.63, 3.8) is 0 Å². The minimum atomic E-state index is -1.11. The lowest BCUT2D eigenvalue weighted by Crippen LogP contribution is -2.48. The molecule has 0 bridgehead atoms. The SMILES string of the molecule is CC/C=C/CC/C=C/CC/C=C/C(O)C(CO)NC(=O)C(O)CCCCCCCCCCCCCCCCCC/C=C\CCCCCCCCCCCCCCCCCCCC. The highest BCUT2D eigenvalue weighted by atomic mass is 16.3. The Morgan fingerprint density at radius 1 is 0.403 bits per heavy atom. The van der Waals surface area contributed by atoms with E-state index in [1.165, 1.54) is 212 Å². The minimum absolute atomic E-state index is 0.382. The van der Waals surface area contributed by atoms with Gasteiger partial charge >= 0.3 is 0 Å². The van der Waals surface area contributed by atoms with Crippen molar-refractivity contribution in [2.24, 2.45) is 0 Å². The van der Waals surface area contributed by atoms with E-state index in [-0.39, 0.29) is 6.61 Å². The van der Waals surface area contributed by atoms with Crippen LogP contribution in [0.4, 0.5) is 0 Å². The summed E-state index contributed by atoms with van der Waals surface area (Å²) in [4.78, 5) is 12.5. The normalized spacial score (nSPS) is 13.7. The zero-order valence-corrected chi connectivity index (χ0v) is 41.5. The van der Waals surface area contributed by atoms with Gasteiger partial charge in [-0.1, -0.05) is 268 Å². The van der Waals surface area contributed by atoms with Gasteiger partial charge in [0, 0.05) is 0 Å². The van der Waals surface area contributed by atoms with E-state index in [0.717, 1.165) is 51.4 Å². The third-order valence-electron chi connectivity index (χ3n) is 12.6. The molecule has 0 spiro atoms. The summed E-state index contributed by atoms with van der Waals surface area (Å²) in [7, 11) is 0. The molecular weight excluding hydrogens is 763 g/mol. The lowest BCUT2D eigenvalue weighted by atomic mass is 10.0. The smallest absolute Gasteiger partial charge is 0.249 e. The molecule has 3 unspecified atom stereocenters. The van der Waals surface area contributed by atoms with Crippen molar-refractivity contribution in [2.75, 3.05) is 6.61 Å². The maximum absolute atomic E-state index is 12.5. The number of aliphatic hydroxyl groups excluding tert-OH is 3. The van der Waals surface area contributed by atoms with Crippen LogP contribution in [0, 0.1) is 0 Å². The molecule has 0 aliphatic carbocycles. The molecule has 1 amide bonds. The van der Waals surface area contributed by atoms with Gasteiger partial charge in [0.2, 0.25) is 5.91 Å². The molecule has 364 valence electrons. The van der Waals surface area contributed by atoms with Crippen LogP contribution in [-0.2, 0) is 4.79 Å². The summed E-state index contributed by atoms with van der Waals surface area (Å²) in [6.07, 6.45) is 69.4. The van der Waals surface area contributed by atoms with Crippen LogP contribution in [0.1, 0.15) is 284 Å². The standard InChI is InChI=1S/C57H107NO4/c1-3-5-7-9-11-13-15-16-17-18-19-20-21-22-23-24-25-26-27-28-29-30-31-32-33-34-35-36-37-38-39-40-41-42-44-46-48-50-52-56(61)57(62)58-54(53-59)55(60)51-49-47-45-43-14-12-10-8-6-4-2/h6,8,14,28-29,43,49,51,54-56,59-61H,3-5,7,9-13,15-27,30-42,44-48,50,52-53H2,1-2H3,(H,58,62)/b8-6+,29-28-,43-14+,51-49+. The molecule has 5 nitrogen and oxygen atoms in total. The number of hydrogen-bond donors (Lipinski definition) is 4. The number of carbonyl (C=O) groups excluding carboxylic acids is 1. The molecule has 3 atom stereocenters. The number of carbonyl (C=O) groups is 1. The molecule has 0 radical (unpaired) electrons. The Bertz CT molecular complexity index is 1000. The fourth-order valence-electron chi connectivity index (χ4n) is 8.40. The van der Waals surface area contributed by atoms with Crippen LogP contribution < -0.4 is 5.32 Å². The van der Waals surface area contributed by atoms with Gasteiger partial charge in [-0.2, -0.15) is 0 Å². The summed E-state index contributed by atoms with van der Waals surface area (Å²) in [5.41, 5.74) is 0. The minimum Gasteiger partial charge on any atom is -0.394 e. The van der Waals surface area contributed by atoms with Crippen molar-refractivity contribution in [3.05, 3.63) is 48.6 Å². The van der Waals surface area contributed by atoms with E-state index in [4.69, 9.17) is 0 Å². The van der Waals surface area contributed by atoms with E-state index in [9.17, 15) is 20.1 Å². The highest BCUT2D eigenvalue weighted by Gasteiger charge is 2.22. The molecular formula is C57H107NO4. The highest BCUT2D eigenvalue weighted by Crippen LogP contribution is 2.17. The first-order chi connectivity index (χ1) is 30.6. The molecule has 0 aliphatic heterocycles. The Morgan fingerprint density at radius 2 is 0.710 bits per heavy atom. The number of unbranched alkanes of at least 4 members (excludes halogenated alkanes) is 36. The average Bonchev–Trinajstić information content (AvgIpc) is 3.28. The molecule has 62 heavy (non-hydrogen) atoms. The van der Waals surface area contributed by atoms with Crippen LogP contribution in [-0.4, -0.2) is 46.1 Å². The van der Waals surface area contributed by atoms with Crippen molar-refractivity contribution in [1.82, 2.24) is 5.32 Å². The molecule has 0 aromatic heterocycles. The van der Waals surface area contributed by atoms with Crippen LogP contribution >= 0.6 is 0 Å². The number of hydrogen-bond acceptors (Lipinski definition) is 4. The van der Waals surface area contributed by atoms with Gasteiger partial charge in [-0.15, -0.1) is 0 Å². The van der Waals surface area contributed by atoms with Gasteiger partial charge in [0.25, 0.3) is 0 Å². The first-order valence-electron chi connectivity index (χ1n) is 27.5. The summed E-state index contributed by atoms with van der Waals surface area (Å²) in [5.74, 6) is -0.518. The summed E-state index contributed by atoms with van der Waals surface area (Å²) < 4.78 is 0. The van der Waals surface area contributed by atoms with Gasteiger partial charge in [0.05, 0.1) is 18.8 Å². The van der Waals surface area contributed by atoms with Crippen LogP contribution in [0.2, 0.25) is 0 Å². The lowest BCUT2D eigenvalue weighted by Gasteiger charge is -2.21. The Morgan fingerprint density at radius 3 is 1.06 bits per heavy atom. The summed E-state index contributed by atoms with van der Waals surface area (Å²) in [5, 5.41) is 33.0. The van der Waals surface area contributed by atoms with Gasteiger partial charge < -0.3 is 20.6 Å². The van der Waals surface area contributed by atoms with E-state index in [1.807, 2.05) is 6.08 Å². The summed E-state index contributed by atoms with van der Waals surface area (Å²) in [6.45, 7) is 4.05. The predicted octanol–water partition coefficient (Wildman–Crippen LogP) is 16.8. The molecule has 0 aromatic carbocycles. The lowest BCUT2D eigenvalue weighted by molar-refractivity contribution is -0.131. The molecule has 0 aromatic rings. The first kappa shape index (κ1) is 60.3. The molecule has 4 N–H and O–H groups in total. The van der Waals surface area contributed by atoms with E-state index < -0.39 is 24.2 Å². The molecule has 5 heteroatoms. The predicted molar refractivity (Wildman–Crippen MR) is 273 cm³/mol. The van der Waals surface area contributed by atoms with Crippen molar-refractivity contribution in [1.29, 1.82) is 0 Å². The van der Waals surface area contributed by atoms with E-state index in [0.29, 0.717) is 6.42 Å². The fourth-order valence-corrected chi connectivity index (χ4v) is 8.40. The molecule has 0 saturated carbocycles. The third kappa shape index (κ3) is 46.3. The van der Waals surface area contributed by atoms with Crippen LogP contribution in [0.5, 0.6) is 0 Å². The molecule has 0 aliphatic rings. The third-order valence-corrected chi connectivity index (χ3v) is 12.6. The molecule has 0 rings (SSSR count). The number of rotatable bonds is 50. The van der Waals surface area contributed by atoms with E-state index in [1.54, 1.807) is 6.08 Å². The van der Waals surface area contributed by atoms with Crippen molar-refractivity contribution < 1.29 is 20.1 Å². The summed E-state index contributed by atoms with van der Waals surface area (Å²) >= 11 is 0. The van der Waals surface area contributed by atoms with Crippen molar-refractivity contribution in [2.45, 2.75) is 302 Å². The zero-order valence-electron chi connectivity index (χ0n) is 41.5. The second-order valence-electron chi connectivity index (χ2n) is 18.7. The van der Waals surface area contributed by atoms with Gasteiger partial charge in [-0.3, -0.25) is 4.79 Å². The topological polar surface area (TPSA) is 89.8 Å². The largest absolute Gasteiger partial charge is 0.394 e. The Labute approximate surface area is 387 Å². The number of amides is 1. The monoisotopic (exact) mass is 870 g/mol. The van der Waals surface area contributed by atoms with Gasteiger partial charge in [-0.25, -0.2) is 0 Å².